The predicted molar refractivity (Wildman–Crippen MR) is 148 cm³/mol. The first-order valence-electron chi connectivity index (χ1n) is 14.3. The standard InChI is InChI=1S/C31H30F3N5O3/c1-2-6-25-29(41)39-16-31(14-18(39)15-35)20-11-17(8-9-23(20)37-30(31)42)7-4-3-5-10-38(25)28(40)24-12-19-21(32)13-22(33)26(34)27(19)36-24/h8-9,11-13,18,25,36H,2-7,10,14,16H2,1H3,(H,37,42)/t18-,25-,31-/m0/s1. The maximum Gasteiger partial charge on any atom is 0.270 e. The number of amides is 3. The molecule has 3 aliphatic heterocycles. The van der Waals surface area contributed by atoms with Crippen LogP contribution in [0.2, 0.25) is 0 Å². The third-order valence-corrected chi connectivity index (χ3v) is 8.91. The number of nitrogens with one attached hydrogen (secondary N) is 2. The first kappa shape index (κ1) is 27.8. The Morgan fingerprint density at radius 2 is 1.93 bits per heavy atom. The lowest BCUT2D eigenvalue weighted by Crippen LogP contribution is -2.53. The highest BCUT2D eigenvalue weighted by atomic mass is 19.2. The Morgan fingerprint density at radius 3 is 2.69 bits per heavy atom. The summed E-state index contributed by atoms with van der Waals surface area (Å²) in [5, 5.41) is 12.8. The first-order chi connectivity index (χ1) is 20.2. The van der Waals surface area contributed by atoms with Gasteiger partial charge in [0, 0.05) is 36.7 Å². The fourth-order valence-corrected chi connectivity index (χ4v) is 6.75. The number of aromatic amines is 1. The van der Waals surface area contributed by atoms with Gasteiger partial charge in [-0.3, -0.25) is 14.4 Å². The van der Waals surface area contributed by atoms with Gasteiger partial charge in [0.1, 0.15) is 23.6 Å². The van der Waals surface area contributed by atoms with Crippen molar-refractivity contribution in [3.05, 3.63) is 64.6 Å². The molecule has 1 fully saturated rings. The minimum Gasteiger partial charge on any atom is -0.348 e. The molecule has 3 aliphatic rings. The van der Waals surface area contributed by atoms with E-state index < -0.39 is 52.3 Å². The summed E-state index contributed by atoms with van der Waals surface area (Å²) >= 11 is 0. The Bertz CT molecular complexity index is 1660. The van der Waals surface area contributed by atoms with Crippen molar-refractivity contribution >= 4 is 34.3 Å². The summed E-state index contributed by atoms with van der Waals surface area (Å²) in [6.07, 6.45) is 3.80. The van der Waals surface area contributed by atoms with Crippen LogP contribution in [0.5, 0.6) is 0 Å². The van der Waals surface area contributed by atoms with Crippen molar-refractivity contribution in [3.8, 4) is 6.07 Å². The number of H-pyrrole nitrogens is 1. The second-order valence-electron chi connectivity index (χ2n) is 11.5. The molecular weight excluding hydrogens is 547 g/mol. The molecule has 1 aromatic heterocycles. The van der Waals surface area contributed by atoms with E-state index in [1.807, 2.05) is 25.1 Å². The van der Waals surface area contributed by atoms with Crippen molar-refractivity contribution in [3.63, 3.8) is 0 Å². The van der Waals surface area contributed by atoms with E-state index in [-0.39, 0.29) is 42.9 Å². The molecule has 8 nitrogen and oxygen atoms in total. The topological polar surface area (TPSA) is 109 Å². The van der Waals surface area contributed by atoms with Crippen LogP contribution in [0.25, 0.3) is 10.9 Å². The number of aromatic nitrogens is 1. The monoisotopic (exact) mass is 577 g/mol. The van der Waals surface area contributed by atoms with Crippen molar-refractivity contribution in [2.24, 2.45) is 0 Å². The SMILES string of the molecule is CCC[C@H]1C(=O)N2C[C@]3(C[C@H]2C#N)C(=O)Nc2ccc(cc23)CCCCCN1C(=O)c1cc2c(F)cc(F)c(F)c2[nH]1. The lowest BCUT2D eigenvalue weighted by Gasteiger charge is -2.34. The number of carbonyl (C=O) groups excluding carboxylic acids is 3. The van der Waals surface area contributed by atoms with Crippen molar-refractivity contribution in [1.82, 2.24) is 14.8 Å². The molecule has 6 rings (SSSR count). The first-order valence-corrected chi connectivity index (χ1v) is 14.3. The van der Waals surface area contributed by atoms with E-state index in [9.17, 15) is 32.8 Å². The number of rotatable bonds is 3. The molecule has 0 radical (unpaired) electrons. The van der Waals surface area contributed by atoms with Gasteiger partial charge in [-0.1, -0.05) is 31.9 Å². The number of hydrogen-bond acceptors (Lipinski definition) is 4. The lowest BCUT2D eigenvalue weighted by molar-refractivity contribution is -0.136. The van der Waals surface area contributed by atoms with Crippen LogP contribution in [0.1, 0.15) is 67.1 Å². The van der Waals surface area contributed by atoms with Gasteiger partial charge in [0.05, 0.1) is 17.0 Å². The van der Waals surface area contributed by atoms with Crippen LogP contribution in [0, 0.1) is 28.8 Å². The Kier molecular flexibility index (Phi) is 6.95. The molecule has 1 spiro atoms. The molecule has 0 unspecified atom stereocenters. The molecular formula is C31H30F3N5O3. The fourth-order valence-electron chi connectivity index (χ4n) is 6.75. The Balaban J connectivity index is 1.42. The number of halogens is 3. The maximum atomic E-state index is 14.5. The lowest BCUT2D eigenvalue weighted by atomic mass is 9.79. The number of anilines is 1. The number of benzene rings is 2. The Hall–Kier alpha value is -4.33. The number of hydrogen-bond donors (Lipinski definition) is 2. The Labute approximate surface area is 240 Å². The molecule has 1 saturated heterocycles. The van der Waals surface area contributed by atoms with Crippen molar-refractivity contribution in [2.75, 3.05) is 18.4 Å². The van der Waals surface area contributed by atoms with E-state index in [0.717, 1.165) is 36.5 Å². The van der Waals surface area contributed by atoms with E-state index in [2.05, 4.69) is 16.4 Å². The Morgan fingerprint density at radius 1 is 1.12 bits per heavy atom. The van der Waals surface area contributed by atoms with Crippen molar-refractivity contribution < 1.29 is 27.6 Å². The summed E-state index contributed by atoms with van der Waals surface area (Å²) in [4.78, 5) is 47.0. The largest absolute Gasteiger partial charge is 0.348 e. The fraction of sp³-hybridized carbons (Fsp3) is 0.419. The van der Waals surface area contributed by atoms with Crippen LogP contribution < -0.4 is 5.32 Å². The van der Waals surface area contributed by atoms with Gasteiger partial charge < -0.3 is 20.1 Å². The van der Waals surface area contributed by atoms with Crippen LogP contribution in [0.3, 0.4) is 0 Å². The number of fused-ring (bicyclic) bond motifs is 3. The average Bonchev–Trinajstić information content (AvgIpc) is 3.67. The highest BCUT2D eigenvalue weighted by molar-refractivity contribution is 6.08. The van der Waals surface area contributed by atoms with E-state index in [4.69, 9.17) is 0 Å². The van der Waals surface area contributed by atoms with Gasteiger partial charge in [0.15, 0.2) is 11.6 Å². The van der Waals surface area contributed by atoms with Crippen LogP contribution >= 0.6 is 0 Å². The van der Waals surface area contributed by atoms with E-state index >= 15 is 0 Å². The molecule has 2 N–H and O–H groups in total. The summed E-state index contributed by atoms with van der Waals surface area (Å²) in [5.41, 5.74) is 0.795. The third kappa shape index (κ3) is 4.32. The summed E-state index contributed by atoms with van der Waals surface area (Å²) in [6, 6.07) is 7.75. The highest BCUT2D eigenvalue weighted by Crippen LogP contribution is 2.47. The zero-order chi connectivity index (χ0) is 29.8. The van der Waals surface area contributed by atoms with Crippen LogP contribution in [0.15, 0.2) is 30.3 Å². The van der Waals surface area contributed by atoms with Crippen LogP contribution in [-0.2, 0) is 21.4 Å². The molecule has 11 heteroatoms. The van der Waals surface area contributed by atoms with Crippen molar-refractivity contribution in [2.45, 2.75) is 69.4 Å². The average molecular weight is 578 g/mol. The highest BCUT2D eigenvalue weighted by Gasteiger charge is 2.57. The van der Waals surface area contributed by atoms with E-state index in [1.165, 1.54) is 9.80 Å². The number of aryl methyl sites for hydroxylation is 1. The molecule has 4 heterocycles. The number of nitrogens with zero attached hydrogens (tertiary/aromatic N) is 3. The van der Waals surface area contributed by atoms with E-state index in [0.29, 0.717) is 24.6 Å². The normalized spacial score (nSPS) is 24.1. The second-order valence-corrected chi connectivity index (χ2v) is 11.5. The summed E-state index contributed by atoms with van der Waals surface area (Å²) in [5.74, 6) is -5.07. The molecule has 3 amide bonds. The van der Waals surface area contributed by atoms with Crippen LogP contribution in [-0.4, -0.2) is 57.7 Å². The van der Waals surface area contributed by atoms with E-state index in [1.54, 1.807) is 0 Å². The molecule has 2 aromatic carbocycles. The molecule has 218 valence electrons. The minimum absolute atomic E-state index is 0.00330. The van der Waals surface area contributed by atoms with Gasteiger partial charge in [-0.25, -0.2) is 13.2 Å². The molecule has 0 aliphatic carbocycles. The zero-order valence-corrected chi connectivity index (χ0v) is 23.1. The van der Waals surface area contributed by atoms with Crippen LogP contribution in [0.4, 0.5) is 18.9 Å². The van der Waals surface area contributed by atoms with Gasteiger partial charge >= 0.3 is 0 Å². The van der Waals surface area contributed by atoms with Gasteiger partial charge in [0.2, 0.25) is 11.8 Å². The quantitative estimate of drug-likeness (QED) is 0.430. The summed E-state index contributed by atoms with van der Waals surface area (Å²) in [6.45, 7) is 2.05. The zero-order valence-electron chi connectivity index (χ0n) is 23.1. The summed E-state index contributed by atoms with van der Waals surface area (Å²) in [7, 11) is 0. The summed E-state index contributed by atoms with van der Waals surface area (Å²) < 4.78 is 42.8. The maximum absolute atomic E-state index is 14.5. The molecule has 42 heavy (non-hydrogen) atoms. The van der Waals surface area contributed by atoms with Gasteiger partial charge in [-0.2, -0.15) is 5.26 Å². The van der Waals surface area contributed by atoms with Gasteiger partial charge in [-0.05, 0) is 48.9 Å². The third-order valence-electron chi connectivity index (χ3n) is 8.91. The number of carbonyl (C=O) groups is 3. The predicted octanol–water partition coefficient (Wildman–Crippen LogP) is 4.94. The van der Waals surface area contributed by atoms with Gasteiger partial charge in [0.25, 0.3) is 5.91 Å². The molecule has 3 atom stereocenters. The molecule has 0 saturated carbocycles. The van der Waals surface area contributed by atoms with Gasteiger partial charge in [-0.15, -0.1) is 0 Å². The second kappa shape index (κ2) is 10.5. The molecule has 3 aromatic rings. The van der Waals surface area contributed by atoms with Crippen molar-refractivity contribution in [1.29, 1.82) is 5.26 Å². The smallest absolute Gasteiger partial charge is 0.270 e. The molecule has 4 bridgehead atoms. The number of nitriles is 1. The minimum atomic E-state index is -1.38.